The maximum atomic E-state index is 13.0. The molecule has 0 N–H and O–H groups in total. The van der Waals surface area contributed by atoms with Crippen molar-refractivity contribution in [3.05, 3.63) is 59.7 Å². The van der Waals surface area contributed by atoms with E-state index in [0.29, 0.717) is 6.07 Å². The number of nitrogens with zero attached hydrogens (tertiary/aromatic N) is 1. The molecule has 20 heavy (non-hydrogen) atoms. The van der Waals surface area contributed by atoms with E-state index < -0.39 is 29.3 Å². The van der Waals surface area contributed by atoms with Crippen molar-refractivity contribution in [2.45, 2.75) is 6.36 Å². The van der Waals surface area contributed by atoms with Crippen molar-refractivity contribution in [3.8, 4) is 5.75 Å². The lowest BCUT2D eigenvalue weighted by Crippen LogP contribution is -2.19. The van der Waals surface area contributed by atoms with Crippen LogP contribution in [0.4, 0.5) is 17.6 Å². The molecule has 1 aromatic carbocycles. The predicted molar refractivity (Wildman–Crippen MR) is 60.8 cm³/mol. The van der Waals surface area contributed by atoms with Crippen LogP contribution in [-0.2, 0) is 0 Å². The molecule has 0 aliphatic carbocycles. The van der Waals surface area contributed by atoms with E-state index >= 15 is 0 Å². The summed E-state index contributed by atoms with van der Waals surface area (Å²) < 4.78 is 53.4. The van der Waals surface area contributed by atoms with Gasteiger partial charge in [-0.25, -0.2) is 4.39 Å². The Morgan fingerprint density at radius 1 is 1.15 bits per heavy atom. The molecule has 2 rings (SSSR count). The number of benzene rings is 1. The molecule has 104 valence electrons. The second-order valence-corrected chi connectivity index (χ2v) is 3.73. The zero-order valence-corrected chi connectivity index (χ0v) is 9.82. The van der Waals surface area contributed by atoms with Crippen LogP contribution in [0.5, 0.6) is 5.75 Å². The Bertz CT molecular complexity index is 626. The Morgan fingerprint density at radius 2 is 1.90 bits per heavy atom. The molecule has 1 aromatic heterocycles. The van der Waals surface area contributed by atoms with Crippen molar-refractivity contribution in [2.75, 3.05) is 0 Å². The van der Waals surface area contributed by atoms with Crippen LogP contribution < -0.4 is 4.74 Å². The van der Waals surface area contributed by atoms with E-state index in [9.17, 15) is 22.4 Å². The van der Waals surface area contributed by atoms with Crippen LogP contribution in [0.1, 0.15) is 16.1 Å². The lowest BCUT2D eigenvalue weighted by atomic mass is 10.1. The summed E-state index contributed by atoms with van der Waals surface area (Å²) in [5.74, 6) is -2.63. The molecule has 0 aliphatic rings. The first-order chi connectivity index (χ1) is 9.37. The monoisotopic (exact) mass is 285 g/mol. The second kappa shape index (κ2) is 5.28. The predicted octanol–water partition coefficient (Wildman–Crippen LogP) is 3.35. The Morgan fingerprint density at radius 3 is 2.50 bits per heavy atom. The number of aromatic nitrogens is 1. The molecule has 7 heteroatoms. The van der Waals surface area contributed by atoms with Crippen LogP contribution in [0.25, 0.3) is 0 Å². The first kappa shape index (κ1) is 14.0. The van der Waals surface area contributed by atoms with Gasteiger partial charge in [-0.3, -0.25) is 9.78 Å². The van der Waals surface area contributed by atoms with Crippen LogP contribution in [0.3, 0.4) is 0 Å². The van der Waals surface area contributed by atoms with E-state index in [1.54, 1.807) is 6.07 Å². The Labute approximate surface area is 110 Å². The van der Waals surface area contributed by atoms with E-state index in [1.165, 1.54) is 18.3 Å². The summed E-state index contributed by atoms with van der Waals surface area (Å²) in [4.78, 5) is 15.8. The molecule has 0 saturated heterocycles. The number of halogens is 4. The maximum Gasteiger partial charge on any atom is 0.573 e. The summed E-state index contributed by atoms with van der Waals surface area (Å²) in [5, 5.41) is 0. The fourth-order valence-electron chi connectivity index (χ4n) is 1.53. The molecule has 2 aromatic rings. The second-order valence-electron chi connectivity index (χ2n) is 3.73. The zero-order valence-electron chi connectivity index (χ0n) is 9.82. The molecule has 0 saturated carbocycles. The van der Waals surface area contributed by atoms with E-state index in [-0.39, 0.29) is 5.69 Å². The topological polar surface area (TPSA) is 39.2 Å². The molecule has 0 unspecified atom stereocenters. The fourth-order valence-corrected chi connectivity index (χ4v) is 1.53. The Balaban J connectivity index is 2.43. The molecule has 0 bridgehead atoms. The third kappa shape index (κ3) is 3.31. The van der Waals surface area contributed by atoms with Gasteiger partial charge >= 0.3 is 6.36 Å². The summed E-state index contributed by atoms with van der Waals surface area (Å²) in [6.45, 7) is 0. The van der Waals surface area contributed by atoms with E-state index in [0.717, 1.165) is 12.1 Å². The minimum absolute atomic E-state index is 0.0638. The lowest BCUT2D eigenvalue weighted by Gasteiger charge is -2.12. The van der Waals surface area contributed by atoms with Crippen LogP contribution in [0.15, 0.2) is 42.6 Å². The molecule has 0 atom stereocenters. The third-order valence-corrected chi connectivity index (χ3v) is 2.31. The first-order valence-corrected chi connectivity index (χ1v) is 5.38. The smallest absolute Gasteiger partial charge is 0.405 e. The van der Waals surface area contributed by atoms with Crippen LogP contribution in [-0.4, -0.2) is 17.1 Å². The molecule has 0 fully saturated rings. The fraction of sp³-hybridized carbons (Fsp3) is 0.0769. The van der Waals surface area contributed by atoms with Gasteiger partial charge in [0.1, 0.15) is 17.3 Å². The van der Waals surface area contributed by atoms with Gasteiger partial charge in [-0.1, -0.05) is 6.07 Å². The highest BCUT2D eigenvalue weighted by molar-refractivity contribution is 6.09. The Hall–Kier alpha value is -2.44. The number of rotatable bonds is 3. The quantitative estimate of drug-likeness (QED) is 0.641. The Kier molecular flexibility index (Phi) is 3.69. The van der Waals surface area contributed by atoms with Gasteiger partial charge < -0.3 is 4.74 Å². The number of alkyl halides is 3. The van der Waals surface area contributed by atoms with Gasteiger partial charge in [-0.05, 0) is 24.3 Å². The highest BCUT2D eigenvalue weighted by Crippen LogP contribution is 2.28. The number of hydrogen-bond acceptors (Lipinski definition) is 3. The zero-order chi connectivity index (χ0) is 14.8. The van der Waals surface area contributed by atoms with Gasteiger partial charge in [0, 0.05) is 12.3 Å². The molecule has 0 radical (unpaired) electrons. The summed E-state index contributed by atoms with van der Waals surface area (Å²) in [7, 11) is 0. The van der Waals surface area contributed by atoms with Crippen molar-refractivity contribution < 1.29 is 27.1 Å². The van der Waals surface area contributed by atoms with Crippen molar-refractivity contribution in [1.29, 1.82) is 0 Å². The number of pyridine rings is 1. The van der Waals surface area contributed by atoms with Gasteiger partial charge in [0.15, 0.2) is 0 Å². The summed E-state index contributed by atoms with van der Waals surface area (Å²) in [6, 6.07) is 6.70. The van der Waals surface area contributed by atoms with Crippen molar-refractivity contribution >= 4 is 5.78 Å². The summed E-state index contributed by atoms with van der Waals surface area (Å²) >= 11 is 0. The van der Waals surface area contributed by atoms with Crippen molar-refractivity contribution in [3.63, 3.8) is 0 Å². The number of carbonyl (C=O) groups is 1. The number of carbonyl (C=O) groups excluding carboxylic acids is 1. The number of ether oxygens (including phenoxy) is 1. The standard InChI is InChI=1S/C13H7F4NO2/c14-8-4-5-9(11(7-8)20-13(15,16)17)12(19)10-3-1-2-6-18-10/h1-7H. The SMILES string of the molecule is O=C(c1ccccn1)c1ccc(F)cc1OC(F)(F)F. The number of ketones is 1. The molecular weight excluding hydrogens is 278 g/mol. The average molecular weight is 285 g/mol. The van der Waals surface area contributed by atoms with Crippen LogP contribution in [0, 0.1) is 5.82 Å². The maximum absolute atomic E-state index is 13.0. The molecular formula is C13H7F4NO2. The minimum atomic E-state index is -5.02. The third-order valence-electron chi connectivity index (χ3n) is 2.31. The van der Waals surface area contributed by atoms with E-state index in [2.05, 4.69) is 9.72 Å². The largest absolute Gasteiger partial charge is 0.573 e. The molecule has 0 aliphatic heterocycles. The first-order valence-electron chi connectivity index (χ1n) is 5.38. The van der Waals surface area contributed by atoms with E-state index in [1.807, 2.05) is 0 Å². The summed E-state index contributed by atoms with van der Waals surface area (Å²) in [5.41, 5.74) is -0.478. The van der Waals surface area contributed by atoms with Gasteiger partial charge in [0.25, 0.3) is 0 Å². The summed E-state index contributed by atoms with van der Waals surface area (Å²) in [6.07, 6.45) is -3.70. The van der Waals surface area contributed by atoms with Gasteiger partial charge in [-0.15, -0.1) is 13.2 Å². The molecule has 0 amide bonds. The highest BCUT2D eigenvalue weighted by atomic mass is 19.4. The van der Waals surface area contributed by atoms with E-state index in [4.69, 9.17) is 0 Å². The average Bonchev–Trinajstić information content (AvgIpc) is 2.37. The molecule has 3 nitrogen and oxygen atoms in total. The van der Waals surface area contributed by atoms with Crippen molar-refractivity contribution in [1.82, 2.24) is 4.98 Å². The normalized spacial score (nSPS) is 11.2. The molecule has 1 heterocycles. The molecule has 0 spiro atoms. The highest BCUT2D eigenvalue weighted by Gasteiger charge is 2.33. The van der Waals surface area contributed by atoms with Gasteiger partial charge in [0.2, 0.25) is 5.78 Å². The number of hydrogen-bond donors (Lipinski definition) is 0. The minimum Gasteiger partial charge on any atom is -0.405 e. The van der Waals surface area contributed by atoms with Gasteiger partial charge in [-0.2, -0.15) is 0 Å². The van der Waals surface area contributed by atoms with Gasteiger partial charge in [0.05, 0.1) is 5.56 Å². The van der Waals surface area contributed by atoms with Crippen LogP contribution >= 0.6 is 0 Å². The van der Waals surface area contributed by atoms with Crippen LogP contribution in [0.2, 0.25) is 0 Å². The lowest BCUT2D eigenvalue weighted by molar-refractivity contribution is -0.274. The van der Waals surface area contributed by atoms with Crippen molar-refractivity contribution in [2.24, 2.45) is 0 Å².